The standard InChI is InChI=1S/C15H18N2O3/c1-11-8-12(16)5-6-14(11)20-10-15(18)17(2)9-13-4-3-7-19-13/h3-8H,9-10,16H2,1-2H3. The predicted molar refractivity (Wildman–Crippen MR) is 76.3 cm³/mol. The van der Waals surface area contributed by atoms with Crippen LogP contribution in [0.3, 0.4) is 0 Å². The van der Waals surface area contributed by atoms with E-state index >= 15 is 0 Å². The molecule has 2 rings (SSSR count). The van der Waals surface area contributed by atoms with E-state index in [1.54, 1.807) is 36.4 Å². The monoisotopic (exact) mass is 274 g/mol. The van der Waals surface area contributed by atoms with Crippen LogP contribution in [-0.2, 0) is 11.3 Å². The van der Waals surface area contributed by atoms with E-state index in [9.17, 15) is 4.79 Å². The average Bonchev–Trinajstić information content (AvgIpc) is 2.90. The number of nitrogens with two attached hydrogens (primary N) is 1. The van der Waals surface area contributed by atoms with Gasteiger partial charge in [0, 0.05) is 12.7 Å². The molecule has 1 amide bonds. The number of anilines is 1. The van der Waals surface area contributed by atoms with E-state index in [1.807, 2.05) is 19.1 Å². The Balaban J connectivity index is 1.88. The second kappa shape index (κ2) is 6.14. The van der Waals surface area contributed by atoms with Gasteiger partial charge in [-0.15, -0.1) is 0 Å². The molecule has 2 N–H and O–H groups in total. The van der Waals surface area contributed by atoms with Crippen LogP contribution in [0.2, 0.25) is 0 Å². The second-order valence-electron chi connectivity index (χ2n) is 4.64. The topological polar surface area (TPSA) is 68.7 Å². The zero-order chi connectivity index (χ0) is 14.5. The van der Waals surface area contributed by atoms with Crippen LogP contribution in [0.15, 0.2) is 41.0 Å². The zero-order valence-electron chi connectivity index (χ0n) is 11.6. The number of nitrogens with zero attached hydrogens (tertiary/aromatic N) is 1. The maximum absolute atomic E-state index is 12.0. The lowest BCUT2D eigenvalue weighted by atomic mass is 10.2. The van der Waals surface area contributed by atoms with E-state index < -0.39 is 0 Å². The van der Waals surface area contributed by atoms with Gasteiger partial charge in [-0.25, -0.2) is 0 Å². The van der Waals surface area contributed by atoms with Crippen molar-refractivity contribution in [3.05, 3.63) is 47.9 Å². The Bertz CT molecular complexity index is 579. The van der Waals surface area contributed by atoms with Gasteiger partial charge < -0.3 is 19.8 Å². The van der Waals surface area contributed by atoms with Gasteiger partial charge in [-0.1, -0.05) is 0 Å². The largest absolute Gasteiger partial charge is 0.483 e. The molecular formula is C15H18N2O3. The molecule has 0 radical (unpaired) electrons. The molecule has 0 fully saturated rings. The number of carbonyl (C=O) groups excluding carboxylic acids is 1. The molecule has 0 aliphatic heterocycles. The summed E-state index contributed by atoms with van der Waals surface area (Å²) >= 11 is 0. The molecule has 0 atom stereocenters. The molecule has 20 heavy (non-hydrogen) atoms. The van der Waals surface area contributed by atoms with E-state index in [1.165, 1.54) is 0 Å². The van der Waals surface area contributed by atoms with Crippen molar-refractivity contribution >= 4 is 11.6 Å². The molecule has 0 unspecified atom stereocenters. The van der Waals surface area contributed by atoms with E-state index in [0.717, 1.165) is 11.3 Å². The summed E-state index contributed by atoms with van der Waals surface area (Å²) in [6, 6.07) is 8.95. The van der Waals surface area contributed by atoms with Crippen LogP contribution in [0.1, 0.15) is 11.3 Å². The van der Waals surface area contributed by atoms with E-state index in [2.05, 4.69) is 0 Å². The summed E-state index contributed by atoms with van der Waals surface area (Å²) in [6.07, 6.45) is 1.59. The number of hydrogen-bond acceptors (Lipinski definition) is 4. The number of ether oxygens (including phenoxy) is 1. The van der Waals surface area contributed by atoms with Crippen molar-refractivity contribution in [2.45, 2.75) is 13.5 Å². The lowest BCUT2D eigenvalue weighted by Gasteiger charge is -2.16. The second-order valence-corrected chi connectivity index (χ2v) is 4.64. The third kappa shape index (κ3) is 3.54. The molecule has 5 heteroatoms. The van der Waals surface area contributed by atoms with Gasteiger partial charge in [-0.2, -0.15) is 0 Å². The first-order chi connectivity index (χ1) is 9.56. The summed E-state index contributed by atoms with van der Waals surface area (Å²) in [5, 5.41) is 0. The number of aryl methyl sites for hydroxylation is 1. The number of amides is 1. The van der Waals surface area contributed by atoms with Crippen molar-refractivity contribution in [1.29, 1.82) is 0 Å². The Hall–Kier alpha value is -2.43. The van der Waals surface area contributed by atoms with Crippen molar-refractivity contribution in [3.63, 3.8) is 0 Å². The minimum absolute atomic E-state index is 0.0119. The first-order valence-electron chi connectivity index (χ1n) is 6.31. The molecule has 0 aliphatic rings. The van der Waals surface area contributed by atoms with Crippen molar-refractivity contribution < 1.29 is 13.9 Å². The molecule has 1 aromatic carbocycles. The molecule has 0 spiro atoms. The molecule has 0 saturated heterocycles. The molecule has 0 bridgehead atoms. The Morgan fingerprint density at radius 2 is 2.20 bits per heavy atom. The van der Waals surface area contributed by atoms with Gasteiger partial charge in [0.05, 0.1) is 12.8 Å². The molecule has 0 saturated carbocycles. The summed E-state index contributed by atoms with van der Waals surface area (Å²) in [7, 11) is 1.71. The molecular weight excluding hydrogens is 256 g/mol. The third-order valence-electron chi connectivity index (χ3n) is 2.95. The molecule has 1 aromatic heterocycles. The first-order valence-corrected chi connectivity index (χ1v) is 6.31. The summed E-state index contributed by atoms with van der Waals surface area (Å²) < 4.78 is 10.7. The maximum atomic E-state index is 12.0. The lowest BCUT2D eigenvalue weighted by molar-refractivity contribution is -0.132. The third-order valence-corrected chi connectivity index (χ3v) is 2.95. The lowest BCUT2D eigenvalue weighted by Crippen LogP contribution is -2.30. The minimum atomic E-state index is -0.113. The predicted octanol–water partition coefficient (Wildman–Crippen LogP) is 2.21. The average molecular weight is 274 g/mol. The van der Waals surface area contributed by atoms with Crippen molar-refractivity contribution in [2.24, 2.45) is 0 Å². The number of likely N-dealkylation sites (N-methyl/N-ethyl adjacent to an activating group) is 1. The Morgan fingerprint density at radius 3 is 2.85 bits per heavy atom. The van der Waals surface area contributed by atoms with Crippen molar-refractivity contribution in [2.75, 3.05) is 19.4 Å². The molecule has 106 valence electrons. The first kappa shape index (κ1) is 14.0. The van der Waals surface area contributed by atoms with Gasteiger partial charge in [-0.05, 0) is 42.8 Å². The molecule has 2 aromatic rings. The van der Waals surface area contributed by atoms with Gasteiger partial charge in [0.2, 0.25) is 0 Å². The normalized spacial score (nSPS) is 10.3. The van der Waals surface area contributed by atoms with Crippen molar-refractivity contribution in [3.8, 4) is 5.75 Å². The maximum Gasteiger partial charge on any atom is 0.260 e. The highest BCUT2D eigenvalue weighted by Crippen LogP contribution is 2.20. The SMILES string of the molecule is Cc1cc(N)ccc1OCC(=O)N(C)Cc1ccco1. The number of rotatable bonds is 5. The van der Waals surface area contributed by atoms with E-state index in [4.69, 9.17) is 14.9 Å². The van der Waals surface area contributed by atoms with Crippen LogP contribution in [0, 0.1) is 6.92 Å². The summed E-state index contributed by atoms with van der Waals surface area (Å²) in [5.41, 5.74) is 7.25. The van der Waals surface area contributed by atoms with Crippen LogP contribution in [-0.4, -0.2) is 24.5 Å². The van der Waals surface area contributed by atoms with Gasteiger partial charge >= 0.3 is 0 Å². The fourth-order valence-corrected chi connectivity index (χ4v) is 1.81. The smallest absolute Gasteiger partial charge is 0.260 e. The number of carbonyl (C=O) groups is 1. The summed E-state index contributed by atoms with van der Waals surface area (Å²) in [4.78, 5) is 13.5. The number of hydrogen-bond donors (Lipinski definition) is 1. The summed E-state index contributed by atoms with van der Waals surface area (Å²) in [5.74, 6) is 1.29. The fourth-order valence-electron chi connectivity index (χ4n) is 1.81. The number of benzene rings is 1. The van der Waals surface area contributed by atoms with Gasteiger partial charge in [-0.3, -0.25) is 4.79 Å². The molecule has 1 heterocycles. The minimum Gasteiger partial charge on any atom is -0.483 e. The molecule has 0 aliphatic carbocycles. The summed E-state index contributed by atoms with van der Waals surface area (Å²) in [6.45, 7) is 2.31. The number of nitrogen functional groups attached to an aromatic ring is 1. The van der Waals surface area contributed by atoms with E-state index in [-0.39, 0.29) is 12.5 Å². The fraction of sp³-hybridized carbons (Fsp3) is 0.267. The van der Waals surface area contributed by atoms with E-state index in [0.29, 0.717) is 18.0 Å². The van der Waals surface area contributed by atoms with Crippen LogP contribution >= 0.6 is 0 Å². The quantitative estimate of drug-likeness (QED) is 0.849. The van der Waals surface area contributed by atoms with Gasteiger partial charge in [0.15, 0.2) is 6.61 Å². The van der Waals surface area contributed by atoms with Crippen molar-refractivity contribution in [1.82, 2.24) is 4.90 Å². The zero-order valence-corrected chi connectivity index (χ0v) is 11.6. The Labute approximate surface area is 117 Å². The highest BCUT2D eigenvalue weighted by Gasteiger charge is 2.12. The van der Waals surface area contributed by atoms with Gasteiger partial charge in [0.25, 0.3) is 5.91 Å². The molecule has 5 nitrogen and oxygen atoms in total. The highest BCUT2D eigenvalue weighted by molar-refractivity contribution is 5.77. The Kier molecular flexibility index (Phi) is 4.30. The van der Waals surface area contributed by atoms with Crippen LogP contribution in [0.5, 0.6) is 5.75 Å². The Morgan fingerprint density at radius 1 is 1.40 bits per heavy atom. The highest BCUT2D eigenvalue weighted by atomic mass is 16.5. The van der Waals surface area contributed by atoms with Gasteiger partial charge in [0.1, 0.15) is 11.5 Å². The van der Waals surface area contributed by atoms with Crippen LogP contribution in [0.25, 0.3) is 0 Å². The van der Waals surface area contributed by atoms with Crippen LogP contribution in [0.4, 0.5) is 5.69 Å². The number of furan rings is 1. The van der Waals surface area contributed by atoms with Crippen LogP contribution < -0.4 is 10.5 Å².